The maximum Gasteiger partial charge on any atom is 0.196 e. The molecule has 1 aromatic heterocycles. The molecule has 0 radical (unpaired) electrons. The van der Waals surface area contributed by atoms with Crippen molar-refractivity contribution in [1.29, 1.82) is 5.26 Å². The van der Waals surface area contributed by atoms with Crippen molar-refractivity contribution < 1.29 is 0 Å². The van der Waals surface area contributed by atoms with Crippen molar-refractivity contribution in [1.82, 2.24) is 15.6 Å². The third kappa shape index (κ3) is 4.15. The van der Waals surface area contributed by atoms with Crippen LogP contribution in [0, 0.1) is 11.3 Å². The van der Waals surface area contributed by atoms with Crippen LogP contribution in [0.5, 0.6) is 0 Å². The summed E-state index contributed by atoms with van der Waals surface area (Å²) in [5.74, 6) is 0.783. The maximum atomic E-state index is 9.25. The second-order valence-electron chi connectivity index (χ2n) is 6.75. The third-order valence-corrected chi connectivity index (χ3v) is 6.04. The number of nitriles is 1. The number of hydrogen-bond donors (Lipinski definition) is 2. The van der Waals surface area contributed by atoms with Crippen molar-refractivity contribution in [2.24, 2.45) is 4.99 Å². The molecule has 2 N–H and O–H groups in total. The van der Waals surface area contributed by atoms with Crippen molar-refractivity contribution in [3.8, 4) is 17.3 Å². The Balaban J connectivity index is 1.54. The molecule has 138 valence electrons. The van der Waals surface area contributed by atoms with Gasteiger partial charge in [-0.2, -0.15) is 5.26 Å². The van der Waals surface area contributed by atoms with Gasteiger partial charge in [0.15, 0.2) is 5.96 Å². The highest BCUT2D eigenvalue weighted by Crippen LogP contribution is 2.30. The Morgan fingerprint density at radius 2 is 2.04 bits per heavy atom. The molecule has 0 unspecified atom stereocenters. The molecule has 27 heavy (non-hydrogen) atoms. The minimum Gasteiger partial charge on any atom is -0.353 e. The molecule has 5 nitrogen and oxygen atoms in total. The Hall–Kier alpha value is -2.36. The molecule has 0 amide bonds. The predicted octanol–water partition coefficient (Wildman–Crippen LogP) is 4.58. The van der Waals surface area contributed by atoms with Crippen LogP contribution in [0.4, 0.5) is 0 Å². The van der Waals surface area contributed by atoms with E-state index in [0.29, 0.717) is 24.0 Å². The van der Waals surface area contributed by atoms with E-state index in [9.17, 15) is 5.26 Å². The molecule has 0 atom stereocenters. The molecule has 1 aliphatic heterocycles. The lowest BCUT2D eigenvalue weighted by atomic mass is 10.1. The summed E-state index contributed by atoms with van der Waals surface area (Å²) in [5.41, 5.74) is 3.83. The van der Waals surface area contributed by atoms with Gasteiger partial charge in [0.25, 0.3) is 0 Å². The van der Waals surface area contributed by atoms with Gasteiger partial charge in [-0.1, -0.05) is 36.6 Å². The van der Waals surface area contributed by atoms with Crippen LogP contribution in [-0.4, -0.2) is 23.5 Å². The van der Waals surface area contributed by atoms with E-state index in [1.807, 2.05) is 29.6 Å². The second kappa shape index (κ2) is 8.12. The number of nitrogens with one attached hydrogen (secondary N) is 2. The first-order valence-electron chi connectivity index (χ1n) is 9.12. The molecule has 1 aliphatic carbocycles. The molecular weight excluding hydrogens is 378 g/mol. The van der Waals surface area contributed by atoms with E-state index in [-0.39, 0.29) is 0 Å². The first-order chi connectivity index (χ1) is 13.2. The van der Waals surface area contributed by atoms with Crippen LogP contribution in [0.15, 0.2) is 40.3 Å². The van der Waals surface area contributed by atoms with Gasteiger partial charge in [-0.3, -0.25) is 0 Å². The van der Waals surface area contributed by atoms with Gasteiger partial charge >= 0.3 is 0 Å². The first-order valence-corrected chi connectivity index (χ1v) is 10.4. The van der Waals surface area contributed by atoms with E-state index in [2.05, 4.69) is 21.7 Å². The normalized spacial score (nSPS) is 17.4. The average molecular weight is 398 g/mol. The van der Waals surface area contributed by atoms with Crippen LogP contribution in [0.2, 0.25) is 5.02 Å². The summed E-state index contributed by atoms with van der Waals surface area (Å²) < 4.78 is 0. The topological polar surface area (TPSA) is 73.1 Å². The quantitative estimate of drug-likeness (QED) is 0.791. The highest BCUT2D eigenvalue weighted by Gasteiger charge is 2.22. The smallest absolute Gasteiger partial charge is 0.196 e. The summed E-state index contributed by atoms with van der Waals surface area (Å²) in [5, 5.41) is 19.7. The molecule has 1 fully saturated rings. The molecule has 2 aliphatic rings. The zero-order chi connectivity index (χ0) is 18.6. The SMILES string of the molecule is N#CCC1=C(c2nc(-c3ccc(Cl)cc3)cs2)CN=C(NC2CCCC2)N1. The molecule has 2 aromatic rings. The van der Waals surface area contributed by atoms with Gasteiger partial charge < -0.3 is 10.6 Å². The van der Waals surface area contributed by atoms with Gasteiger partial charge in [-0.05, 0) is 25.0 Å². The van der Waals surface area contributed by atoms with Crippen molar-refractivity contribution in [2.75, 3.05) is 6.54 Å². The largest absolute Gasteiger partial charge is 0.353 e. The molecule has 7 heteroatoms. The highest BCUT2D eigenvalue weighted by molar-refractivity contribution is 7.11. The number of guanidine groups is 1. The van der Waals surface area contributed by atoms with E-state index in [1.165, 1.54) is 25.7 Å². The monoisotopic (exact) mass is 397 g/mol. The van der Waals surface area contributed by atoms with E-state index in [0.717, 1.165) is 33.5 Å². The minimum atomic E-state index is 0.316. The molecule has 1 saturated carbocycles. The number of halogens is 1. The number of hydrogen-bond acceptors (Lipinski definition) is 6. The molecule has 2 heterocycles. The molecule has 1 aromatic carbocycles. The summed E-state index contributed by atoms with van der Waals surface area (Å²) in [6.45, 7) is 0.534. The lowest BCUT2D eigenvalue weighted by molar-refractivity contribution is 0.617. The Bertz CT molecular complexity index is 917. The van der Waals surface area contributed by atoms with Crippen LogP contribution in [0.3, 0.4) is 0 Å². The molecule has 4 rings (SSSR count). The highest BCUT2D eigenvalue weighted by atomic mass is 35.5. The fraction of sp³-hybridized carbons (Fsp3) is 0.350. The van der Waals surface area contributed by atoms with E-state index in [4.69, 9.17) is 16.6 Å². The molecule has 0 bridgehead atoms. The van der Waals surface area contributed by atoms with Gasteiger partial charge in [0.1, 0.15) is 5.01 Å². The fourth-order valence-corrected chi connectivity index (χ4v) is 4.47. The number of aromatic nitrogens is 1. The number of benzene rings is 1. The molecular formula is C20H20ClN5S. The standard InChI is InChI=1S/C20H20ClN5S/c21-14-7-5-13(6-8-14)18-12-27-19(25-18)16-11-23-20(26-17(16)9-10-22)24-15-3-1-2-4-15/h5-8,12,15H,1-4,9,11H2,(H2,23,24,26). The van der Waals surface area contributed by atoms with Crippen LogP contribution in [0.1, 0.15) is 37.1 Å². The van der Waals surface area contributed by atoms with Crippen molar-refractivity contribution in [2.45, 2.75) is 38.1 Å². The van der Waals surface area contributed by atoms with Crippen molar-refractivity contribution in [3.63, 3.8) is 0 Å². The summed E-state index contributed by atoms with van der Waals surface area (Å²) in [4.78, 5) is 9.43. The Kier molecular flexibility index (Phi) is 5.42. The van der Waals surface area contributed by atoms with Gasteiger partial charge in [-0.15, -0.1) is 11.3 Å². The van der Waals surface area contributed by atoms with Gasteiger partial charge in [0, 0.05) is 33.3 Å². The number of rotatable bonds is 4. The zero-order valence-electron chi connectivity index (χ0n) is 14.8. The lowest BCUT2D eigenvalue weighted by Crippen LogP contribution is -2.44. The Labute approximate surface area is 167 Å². The summed E-state index contributed by atoms with van der Waals surface area (Å²) in [7, 11) is 0. The fourth-order valence-electron chi connectivity index (χ4n) is 3.45. The third-order valence-electron chi connectivity index (χ3n) is 4.88. The Morgan fingerprint density at radius 1 is 1.26 bits per heavy atom. The number of thiazole rings is 1. The predicted molar refractivity (Wildman–Crippen MR) is 111 cm³/mol. The number of aliphatic imine (C=N–C) groups is 1. The van der Waals surface area contributed by atoms with Crippen molar-refractivity contribution >= 4 is 34.5 Å². The minimum absolute atomic E-state index is 0.316. The summed E-state index contributed by atoms with van der Waals surface area (Å²) in [6, 6.07) is 10.4. The first kappa shape index (κ1) is 18.0. The second-order valence-corrected chi connectivity index (χ2v) is 8.05. The van der Waals surface area contributed by atoms with Crippen LogP contribution >= 0.6 is 22.9 Å². The molecule has 0 saturated heterocycles. The van der Waals surface area contributed by atoms with Gasteiger partial charge in [0.2, 0.25) is 0 Å². The molecule has 0 spiro atoms. The van der Waals surface area contributed by atoms with Gasteiger partial charge in [-0.25, -0.2) is 9.98 Å². The van der Waals surface area contributed by atoms with Crippen molar-refractivity contribution in [3.05, 3.63) is 45.4 Å². The van der Waals surface area contributed by atoms with E-state index < -0.39 is 0 Å². The Morgan fingerprint density at radius 3 is 2.78 bits per heavy atom. The van der Waals surface area contributed by atoms with E-state index >= 15 is 0 Å². The maximum absolute atomic E-state index is 9.25. The van der Waals surface area contributed by atoms with Crippen LogP contribution in [-0.2, 0) is 0 Å². The average Bonchev–Trinajstić information content (AvgIpc) is 3.35. The van der Waals surface area contributed by atoms with Gasteiger partial charge in [0.05, 0.1) is 24.7 Å². The zero-order valence-corrected chi connectivity index (χ0v) is 16.4. The lowest BCUT2D eigenvalue weighted by Gasteiger charge is -2.23. The summed E-state index contributed by atoms with van der Waals surface area (Å²) >= 11 is 7.55. The van der Waals surface area contributed by atoms with E-state index in [1.54, 1.807) is 11.3 Å². The summed E-state index contributed by atoms with van der Waals surface area (Å²) in [6.07, 6.45) is 5.22. The number of nitrogens with zero attached hydrogens (tertiary/aromatic N) is 3. The van der Waals surface area contributed by atoms with Crippen LogP contribution in [0.25, 0.3) is 16.8 Å². The number of allylic oxidation sites excluding steroid dienone is 1. The van der Waals surface area contributed by atoms with Crippen LogP contribution < -0.4 is 10.6 Å².